The number of rotatable bonds is 2. The Morgan fingerprint density at radius 3 is 2.58 bits per heavy atom. The number of benzene rings is 1. The molecule has 1 aromatic heterocycles. The summed E-state index contributed by atoms with van der Waals surface area (Å²) in [7, 11) is 1.88. The van der Waals surface area contributed by atoms with E-state index in [9.17, 15) is 10.1 Å². The molecule has 1 atom stereocenters. The Morgan fingerprint density at radius 2 is 2.00 bits per heavy atom. The zero-order chi connectivity index (χ0) is 22.7. The predicted molar refractivity (Wildman–Crippen MR) is 124 cm³/mol. The molecular weight excluding hydrogens is 454 g/mol. The van der Waals surface area contributed by atoms with E-state index >= 15 is 0 Å². The van der Waals surface area contributed by atoms with Crippen molar-refractivity contribution in [3.05, 3.63) is 68.4 Å². The van der Waals surface area contributed by atoms with Crippen molar-refractivity contribution in [2.75, 3.05) is 4.90 Å². The fraction of sp³-hybridized carbons (Fsp3) is 0.375. The standard InChI is InChI=1S/C24H26BrN5O/c1-13-20(14(2)29(5)28-13)21-17(12-26)23(27)30(16-8-6-7-15(25)9-16)18-10-24(3,4)11-19(31)22(18)21/h6-9,21H,10-11,27H2,1-5H3. The first kappa shape index (κ1) is 21.4. The molecule has 6 nitrogen and oxygen atoms in total. The summed E-state index contributed by atoms with van der Waals surface area (Å²) in [6.07, 6.45) is 1.13. The molecule has 1 aliphatic heterocycles. The van der Waals surface area contributed by atoms with E-state index in [2.05, 4.69) is 40.9 Å². The van der Waals surface area contributed by atoms with E-state index in [0.717, 1.165) is 32.8 Å². The Bertz CT molecular complexity index is 1210. The van der Waals surface area contributed by atoms with Crippen molar-refractivity contribution < 1.29 is 4.79 Å². The highest BCUT2D eigenvalue weighted by atomic mass is 79.9. The highest BCUT2D eigenvalue weighted by molar-refractivity contribution is 9.10. The number of nitrogens with two attached hydrogens (primary N) is 1. The van der Waals surface area contributed by atoms with Gasteiger partial charge in [-0.05, 0) is 43.9 Å². The maximum atomic E-state index is 13.6. The van der Waals surface area contributed by atoms with Crippen LogP contribution in [0.4, 0.5) is 5.69 Å². The number of hydrogen-bond donors (Lipinski definition) is 1. The van der Waals surface area contributed by atoms with E-state index in [1.165, 1.54) is 0 Å². The van der Waals surface area contributed by atoms with Crippen molar-refractivity contribution in [2.45, 2.75) is 46.5 Å². The van der Waals surface area contributed by atoms with E-state index < -0.39 is 5.92 Å². The lowest BCUT2D eigenvalue weighted by Crippen LogP contribution is -2.42. The van der Waals surface area contributed by atoms with Crippen LogP contribution in [0, 0.1) is 30.6 Å². The van der Waals surface area contributed by atoms with E-state index in [1.807, 2.05) is 50.1 Å². The monoisotopic (exact) mass is 479 g/mol. The number of Topliss-reactive ketones (excluding diaryl/α,β-unsaturated/α-hetero) is 1. The Hall–Kier alpha value is -2.85. The van der Waals surface area contributed by atoms with Crippen LogP contribution in [-0.4, -0.2) is 15.6 Å². The number of carbonyl (C=O) groups is 1. The number of nitriles is 1. The normalized spacial score (nSPS) is 20.7. The lowest BCUT2D eigenvalue weighted by molar-refractivity contribution is -0.118. The van der Waals surface area contributed by atoms with Gasteiger partial charge in [-0.3, -0.25) is 14.4 Å². The van der Waals surface area contributed by atoms with Crippen LogP contribution in [0.3, 0.4) is 0 Å². The number of anilines is 1. The summed E-state index contributed by atoms with van der Waals surface area (Å²) in [5.74, 6) is -0.0580. The molecule has 1 aromatic carbocycles. The summed E-state index contributed by atoms with van der Waals surface area (Å²) < 4.78 is 2.70. The predicted octanol–water partition coefficient (Wildman–Crippen LogP) is 4.74. The quantitative estimate of drug-likeness (QED) is 0.671. The molecule has 7 heteroatoms. The second-order valence-corrected chi connectivity index (χ2v) is 10.1. The summed E-state index contributed by atoms with van der Waals surface area (Å²) >= 11 is 3.53. The molecule has 1 unspecified atom stereocenters. The summed E-state index contributed by atoms with van der Waals surface area (Å²) in [5, 5.41) is 14.7. The van der Waals surface area contributed by atoms with Gasteiger partial charge in [-0.1, -0.05) is 35.8 Å². The van der Waals surface area contributed by atoms with Gasteiger partial charge in [-0.2, -0.15) is 10.4 Å². The van der Waals surface area contributed by atoms with E-state index in [1.54, 1.807) is 4.68 Å². The third-order valence-electron chi connectivity index (χ3n) is 6.30. The van der Waals surface area contributed by atoms with Crippen molar-refractivity contribution in [1.29, 1.82) is 5.26 Å². The molecule has 160 valence electrons. The number of allylic oxidation sites excluding steroid dienone is 3. The minimum Gasteiger partial charge on any atom is -0.384 e. The largest absolute Gasteiger partial charge is 0.384 e. The van der Waals surface area contributed by atoms with Crippen molar-refractivity contribution in [1.82, 2.24) is 9.78 Å². The van der Waals surface area contributed by atoms with Crippen LogP contribution in [0.5, 0.6) is 0 Å². The first-order chi connectivity index (χ1) is 14.6. The lowest BCUT2D eigenvalue weighted by Gasteiger charge is -2.43. The highest BCUT2D eigenvalue weighted by Crippen LogP contribution is 2.51. The molecule has 2 heterocycles. The van der Waals surface area contributed by atoms with Crippen LogP contribution in [0.2, 0.25) is 0 Å². The number of aromatic nitrogens is 2. The van der Waals surface area contributed by atoms with Gasteiger partial charge >= 0.3 is 0 Å². The molecule has 4 rings (SSSR count). The van der Waals surface area contributed by atoms with Crippen LogP contribution in [-0.2, 0) is 11.8 Å². The lowest BCUT2D eigenvalue weighted by atomic mass is 9.68. The van der Waals surface area contributed by atoms with Gasteiger partial charge in [0.25, 0.3) is 0 Å². The van der Waals surface area contributed by atoms with Gasteiger partial charge in [0.2, 0.25) is 0 Å². The van der Waals surface area contributed by atoms with Gasteiger partial charge in [0.15, 0.2) is 5.78 Å². The number of nitrogens with zero attached hydrogens (tertiary/aromatic N) is 4. The maximum Gasteiger partial charge on any atom is 0.162 e. The minimum atomic E-state index is -0.499. The molecule has 0 spiro atoms. The number of halogens is 1. The van der Waals surface area contributed by atoms with Gasteiger partial charge in [-0.15, -0.1) is 0 Å². The molecule has 2 N–H and O–H groups in total. The van der Waals surface area contributed by atoms with Crippen LogP contribution in [0.15, 0.2) is 51.4 Å². The van der Waals surface area contributed by atoms with Gasteiger partial charge in [-0.25, -0.2) is 0 Å². The molecule has 0 saturated heterocycles. The molecule has 2 aliphatic rings. The molecule has 31 heavy (non-hydrogen) atoms. The first-order valence-electron chi connectivity index (χ1n) is 10.3. The zero-order valence-electron chi connectivity index (χ0n) is 18.5. The number of hydrogen-bond acceptors (Lipinski definition) is 5. The van der Waals surface area contributed by atoms with Crippen molar-refractivity contribution in [3.63, 3.8) is 0 Å². The van der Waals surface area contributed by atoms with Gasteiger partial charge in [0, 0.05) is 46.2 Å². The molecule has 0 radical (unpaired) electrons. The van der Waals surface area contributed by atoms with Crippen LogP contribution in [0.1, 0.15) is 49.6 Å². The van der Waals surface area contributed by atoms with Gasteiger partial charge < -0.3 is 5.73 Å². The smallest absolute Gasteiger partial charge is 0.162 e. The van der Waals surface area contributed by atoms with E-state index in [0.29, 0.717) is 29.8 Å². The Morgan fingerprint density at radius 1 is 1.29 bits per heavy atom. The van der Waals surface area contributed by atoms with Crippen LogP contribution in [0.25, 0.3) is 0 Å². The van der Waals surface area contributed by atoms with Crippen LogP contribution < -0.4 is 10.6 Å². The molecule has 0 fully saturated rings. The van der Waals surface area contributed by atoms with Gasteiger partial charge in [0.1, 0.15) is 5.82 Å². The first-order valence-corrected chi connectivity index (χ1v) is 11.1. The summed E-state index contributed by atoms with van der Waals surface area (Å²) in [4.78, 5) is 15.5. The number of ketones is 1. The molecule has 1 aliphatic carbocycles. The number of carbonyl (C=O) groups excluding carboxylic acids is 1. The highest BCUT2D eigenvalue weighted by Gasteiger charge is 2.45. The second kappa shape index (κ2) is 7.38. The summed E-state index contributed by atoms with van der Waals surface area (Å²) in [5.41, 5.74) is 11.9. The molecule has 2 aromatic rings. The topological polar surface area (TPSA) is 87.9 Å². The van der Waals surface area contributed by atoms with E-state index in [4.69, 9.17) is 5.73 Å². The SMILES string of the molecule is Cc1nn(C)c(C)c1C1C(C#N)=C(N)N(c2cccc(Br)c2)C2=C1C(=O)CC(C)(C)C2. The van der Waals surface area contributed by atoms with Crippen LogP contribution >= 0.6 is 15.9 Å². The molecule has 0 bridgehead atoms. The second-order valence-electron chi connectivity index (χ2n) is 9.17. The average Bonchev–Trinajstić information content (AvgIpc) is 2.91. The molecular formula is C24H26BrN5O. The Balaban J connectivity index is 2.06. The van der Waals surface area contributed by atoms with Gasteiger partial charge in [0.05, 0.1) is 23.3 Å². The third-order valence-corrected chi connectivity index (χ3v) is 6.79. The van der Waals surface area contributed by atoms with Crippen molar-refractivity contribution in [2.24, 2.45) is 18.2 Å². The average molecular weight is 480 g/mol. The fourth-order valence-corrected chi connectivity index (χ4v) is 5.30. The molecule has 0 saturated carbocycles. The van der Waals surface area contributed by atoms with Crippen molar-refractivity contribution in [3.8, 4) is 6.07 Å². The fourth-order valence-electron chi connectivity index (χ4n) is 4.92. The summed E-state index contributed by atoms with van der Waals surface area (Å²) in [6, 6.07) is 10.1. The Kier molecular flexibility index (Phi) is 5.09. The number of aryl methyl sites for hydroxylation is 2. The summed E-state index contributed by atoms with van der Waals surface area (Å²) in [6.45, 7) is 8.09. The molecule has 0 amide bonds. The third kappa shape index (κ3) is 3.39. The minimum absolute atomic E-state index is 0.0687. The van der Waals surface area contributed by atoms with Crippen molar-refractivity contribution >= 4 is 27.4 Å². The van der Waals surface area contributed by atoms with E-state index in [-0.39, 0.29) is 11.2 Å². The Labute approximate surface area is 191 Å². The zero-order valence-corrected chi connectivity index (χ0v) is 20.0. The maximum absolute atomic E-state index is 13.6.